The van der Waals surface area contributed by atoms with Crippen molar-refractivity contribution in [1.29, 1.82) is 0 Å². The Morgan fingerprint density at radius 3 is 2.36 bits per heavy atom. The first-order valence-corrected chi connectivity index (χ1v) is 7.42. The fraction of sp³-hybridized carbons (Fsp3) is 0.316. The number of hydrogen-bond acceptors (Lipinski definition) is 3. The van der Waals surface area contributed by atoms with Gasteiger partial charge in [0.15, 0.2) is 0 Å². The molecule has 3 nitrogen and oxygen atoms in total. The summed E-state index contributed by atoms with van der Waals surface area (Å²) in [6.07, 6.45) is -0.277. The van der Waals surface area contributed by atoms with Crippen LogP contribution in [0.25, 0.3) is 0 Å². The molecule has 0 radical (unpaired) electrons. The molecule has 0 aromatic heterocycles. The Kier molecular flexibility index (Phi) is 5.21. The highest BCUT2D eigenvalue weighted by atomic mass is 16.5. The number of aryl methyl sites for hydroxylation is 2. The van der Waals surface area contributed by atoms with Crippen LogP contribution >= 0.6 is 0 Å². The van der Waals surface area contributed by atoms with Gasteiger partial charge < -0.3 is 9.47 Å². The summed E-state index contributed by atoms with van der Waals surface area (Å²) in [6, 6.07) is 13.9. The lowest BCUT2D eigenvalue weighted by Gasteiger charge is -2.15. The highest BCUT2D eigenvalue weighted by molar-refractivity contribution is 5.66. The number of hydrogen-bond donors (Lipinski definition) is 0. The Hall–Kier alpha value is -2.29. The van der Waals surface area contributed by atoms with Crippen molar-refractivity contribution < 1.29 is 14.3 Å². The second-order valence-electron chi connectivity index (χ2n) is 5.48. The molecule has 0 spiro atoms. The normalized spacial score (nSPS) is 11.8. The van der Waals surface area contributed by atoms with Gasteiger partial charge in [-0.25, -0.2) is 0 Å². The smallest absolute Gasteiger partial charge is 0.303 e. The molecule has 0 heterocycles. The quantitative estimate of drug-likeness (QED) is 0.762. The largest absolute Gasteiger partial charge is 0.489 e. The highest BCUT2D eigenvalue weighted by Gasteiger charge is 2.10. The summed E-state index contributed by atoms with van der Waals surface area (Å²) < 4.78 is 11.1. The molecule has 2 aromatic carbocycles. The molecule has 2 rings (SSSR count). The van der Waals surface area contributed by atoms with Gasteiger partial charge in [-0.2, -0.15) is 0 Å². The minimum Gasteiger partial charge on any atom is -0.489 e. The molecule has 1 unspecified atom stereocenters. The molecule has 0 fully saturated rings. The van der Waals surface area contributed by atoms with E-state index in [0.29, 0.717) is 6.61 Å². The van der Waals surface area contributed by atoms with Crippen LogP contribution in [0.2, 0.25) is 0 Å². The van der Waals surface area contributed by atoms with Crippen LogP contribution in [-0.4, -0.2) is 5.97 Å². The number of benzene rings is 2. The second kappa shape index (κ2) is 7.12. The molecule has 0 saturated carbocycles. The van der Waals surface area contributed by atoms with E-state index in [1.807, 2.05) is 31.2 Å². The van der Waals surface area contributed by atoms with Crippen molar-refractivity contribution in [2.75, 3.05) is 0 Å². The van der Waals surface area contributed by atoms with Crippen molar-refractivity contribution in [2.24, 2.45) is 0 Å². The predicted molar refractivity (Wildman–Crippen MR) is 86.9 cm³/mol. The van der Waals surface area contributed by atoms with E-state index >= 15 is 0 Å². The molecule has 0 aliphatic heterocycles. The predicted octanol–water partition coefficient (Wildman–Crippen LogP) is 4.51. The molecular formula is C19H22O3. The summed E-state index contributed by atoms with van der Waals surface area (Å²) in [6.45, 7) is 7.98. The summed E-state index contributed by atoms with van der Waals surface area (Å²) in [5, 5.41) is 0. The van der Waals surface area contributed by atoms with Crippen molar-refractivity contribution >= 4 is 5.97 Å². The van der Waals surface area contributed by atoms with Crippen LogP contribution in [-0.2, 0) is 16.1 Å². The Labute approximate surface area is 131 Å². The van der Waals surface area contributed by atoms with Gasteiger partial charge in [-0.1, -0.05) is 30.3 Å². The third-order valence-corrected chi connectivity index (χ3v) is 3.70. The highest BCUT2D eigenvalue weighted by Crippen LogP contribution is 2.23. The summed E-state index contributed by atoms with van der Waals surface area (Å²) in [7, 11) is 0. The summed E-state index contributed by atoms with van der Waals surface area (Å²) >= 11 is 0. The topological polar surface area (TPSA) is 35.5 Å². The standard InChI is InChI=1S/C19H22O3/c1-13-7-5-8-14(2)19(13)12-21-18-10-6-9-17(11-18)15(3)22-16(4)20/h5-11,15H,12H2,1-4H3. The zero-order chi connectivity index (χ0) is 16.1. The van der Waals surface area contributed by atoms with Crippen LogP contribution in [0.1, 0.15) is 42.2 Å². The maximum absolute atomic E-state index is 11.0. The van der Waals surface area contributed by atoms with Crippen molar-refractivity contribution in [2.45, 2.75) is 40.4 Å². The van der Waals surface area contributed by atoms with Gasteiger partial charge >= 0.3 is 5.97 Å². The summed E-state index contributed by atoms with van der Waals surface area (Å²) in [5.74, 6) is 0.494. The lowest BCUT2D eigenvalue weighted by molar-refractivity contribution is -0.145. The van der Waals surface area contributed by atoms with Gasteiger partial charge in [0.1, 0.15) is 18.5 Å². The zero-order valence-electron chi connectivity index (χ0n) is 13.6. The Balaban J connectivity index is 2.09. The van der Waals surface area contributed by atoms with E-state index in [-0.39, 0.29) is 12.1 Å². The molecule has 0 N–H and O–H groups in total. The van der Waals surface area contributed by atoms with Crippen LogP contribution < -0.4 is 4.74 Å². The number of ether oxygens (including phenoxy) is 2. The van der Waals surface area contributed by atoms with Gasteiger partial charge in [0, 0.05) is 6.92 Å². The van der Waals surface area contributed by atoms with Crippen LogP contribution in [0, 0.1) is 13.8 Å². The van der Waals surface area contributed by atoms with Crippen molar-refractivity contribution in [3.8, 4) is 5.75 Å². The molecule has 2 aromatic rings. The van der Waals surface area contributed by atoms with E-state index in [4.69, 9.17) is 9.47 Å². The van der Waals surface area contributed by atoms with Crippen LogP contribution in [0.3, 0.4) is 0 Å². The lowest BCUT2D eigenvalue weighted by Crippen LogP contribution is -2.05. The first-order valence-electron chi connectivity index (χ1n) is 7.42. The van der Waals surface area contributed by atoms with Crippen molar-refractivity contribution in [3.05, 3.63) is 64.7 Å². The average molecular weight is 298 g/mol. The molecule has 0 amide bonds. The maximum atomic E-state index is 11.0. The number of rotatable bonds is 5. The fourth-order valence-electron chi connectivity index (χ4n) is 2.41. The van der Waals surface area contributed by atoms with E-state index in [0.717, 1.165) is 11.3 Å². The Bertz CT molecular complexity index is 641. The van der Waals surface area contributed by atoms with Gasteiger partial charge in [-0.15, -0.1) is 0 Å². The Morgan fingerprint density at radius 1 is 1.09 bits per heavy atom. The van der Waals surface area contributed by atoms with E-state index in [1.54, 1.807) is 0 Å². The minimum absolute atomic E-state index is 0.277. The zero-order valence-corrected chi connectivity index (χ0v) is 13.6. The van der Waals surface area contributed by atoms with Gasteiger partial charge in [0.2, 0.25) is 0 Å². The monoisotopic (exact) mass is 298 g/mol. The van der Waals surface area contributed by atoms with Gasteiger partial charge in [-0.3, -0.25) is 4.79 Å². The molecular weight excluding hydrogens is 276 g/mol. The van der Waals surface area contributed by atoms with E-state index in [1.165, 1.54) is 23.6 Å². The number of carbonyl (C=O) groups is 1. The third kappa shape index (κ3) is 4.10. The van der Waals surface area contributed by atoms with Crippen LogP contribution in [0.5, 0.6) is 5.75 Å². The molecule has 0 saturated heterocycles. The number of carbonyl (C=O) groups excluding carboxylic acids is 1. The lowest BCUT2D eigenvalue weighted by atomic mass is 10.0. The van der Waals surface area contributed by atoms with Gasteiger partial charge in [0.25, 0.3) is 0 Å². The molecule has 22 heavy (non-hydrogen) atoms. The first kappa shape index (κ1) is 16.1. The second-order valence-corrected chi connectivity index (χ2v) is 5.48. The number of esters is 1. The summed E-state index contributed by atoms with van der Waals surface area (Å²) in [4.78, 5) is 11.0. The van der Waals surface area contributed by atoms with Crippen LogP contribution in [0.15, 0.2) is 42.5 Å². The van der Waals surface area contributed by atoms with Gasteiger partial charge in [0.05, 0.1) is 0 Å². The third-order valence-electron chi connectivity index (χ3n) is 3.70. The molecule has 3 heteroatoms. The van der Waals surface area contributed by atoms with E-state index in [9.17, 15) is 4.79 Å². The van der Waals surface area contributed by atoms with Crippen LogP contribution in [0.4, 0.5) is 0 Å². The maximum Gasteiger partial charge on any atom is 0.303 e. The first-order chi connectivity index (χ1) is 10.5. The fourth-order valence-corrected chi connectivity index (χ4v) is 2.41. The molecule has 116 valence electrons. The molecule has 0 bridgehead atoms. The molecule has 0 aliphatic rings. The van der Waals surface area contributed by atoms with E-state index in [2.05, 4.69) is 32.0 Å². The van der Waals surface area contributed by atoms with E-state index < -0.39 is 0 Å². The Morgan fingerprint density at radius 2 is 1.73 bits per heavy atom. The molecule has 1 atom stereocenters. The SMILES string of the molecule is CC(=O)OC(C)c1cccc(OCc2c(C)cccc2C)c1. The van der Waals surface area contributed by atoms with Crippen molar-refractivity contribution in [1.82, 2.24) is 0 Å². The van der Waals surface area contributed by atoms with Crippen molar-refractivity contribution in [3.63, 3.8) is 0 Å². The minimum atomic E-state index is -0.283. The molecule has 0 aliphatic carbocycles. The average Bonchev–Trinajstić information content (AvgIpc) is 2.46. The summed E-state index contributed by atoms with van der Waals surface area (Å²) in [5.41, 5.74) is 4.59. The van der Waals surface area contributed by atoms with Gasteiger partial charge in [-0.05, 0) is 55.2 Å².